The maximum Gasteiger partial charge on any atom is 0.252 e. The molecule has 0 bridgehead atoms. The van der Waals surface area contributed by atoms with Gasteiger partial charge in [-0.15, -0.1) is 5.10 Å². The summed E-state index contributed by atoms with van der Waals surface area (Å²) in [6.07, 6.45) is 1.87. The molecule has 1 amide bonds. The fourth-order valence-electron chi connectivity index (χ4n) is 4.47. The summed E-state index contributed by atoms with van der Waals surface area (Å²) in [6, 6.07) is 28.7. The van der Waals surface area contributed by atoms with Gasteiger partial charge in [-0.3, -0.25) is 4.79 Å². The van der Waals surface area contributed by atoms with Gasteiger partial charge < -0.3 is 5.32 Å². The molecule has 0 unspecified atom stereocenters. The number of carbonyl (C=O) groups excluding carboxylic acids is 1. The molecule has 0 saturated heterocycles. The molecule has 0 fully saturated rings. The number of aromatic nitrogens is 3. The minimum Gasteiger partial charge on any atom is -0.346 e. The Balaban J connectivity index is 1.27. The van der Waals surface area contributed by atoms with Crippen molar-refractivity contribution in [3.63, 3.8) is 0 Å². The van der Waals surface area contributed by atoms with Gasteiger partial charge in [-0.05, 0) is 43.9 Å². The first-order chi connectivity index (χ1) is 15.8. The molecule has 5 heteroatoms. The molecule has 0 radical (unpaired) electrons. The van der Waals surface area contributed by atoms with Crippen molar-refractivity contribution >= 4 is 38.2 Å². The third-order valence-corrected chi connectivity index (χ3v) is 5.98. The van der Waals surface area contributed by atoms with Crippen LogP contribution in [0.2, 0.25) is 0 Å². The van der Waals surface area contributed by atoms with Crippen molar-refractivity contribution in [3.8, 4) is 0 Å². The number of hydrogen-bond donors (Lipinski definition) is 1. The zero-order chi connectivity index (χ0) is 21.5. The maximum absolute atomic E-state index is 13.1. The third-order valence-electron chi connectivity index (χ3n) is 5.98. The van der Waals surface area contributed by atoms with E-state index in [0.29, 0.717) is 18.7 Å². The minimum atomic E-state index is -0.111. The van der Waals surface area contributed by atoms with E-state index in [0.717, 1.165) is 27.4 Å². The van der Waals surface area contributed by atoms with E-state index < -0.39 is 0 Å². The van der Waals surface area contributed by atoms with Crippen molar-refractivity contribution in [3.05, 3.63) is 108 Å². The Morgan fingerprint density at radius 1 is 0.781 bits per heavy atom. The normalized spacial score (nSPS) is 11.5. The number of amides is 1. The van der Waals surface area contributed by atoms with Crippen LogP contribution in [0.15, 0.2) is 91.1 Å². The van der Waals surface area contributed by atoms with E-state index in [1.807, 2.05) is 36.5 Å². The highest BCUT2D eigenvalue weighted by molar-refractivity contribution is 6.26. The summed E-state index contributed by atoms with van der Waals surface area (Å²) >= 11 is 0. The lowest BCUT2D eigenvalue weighted by molar-refractivity contribution is 0.0952. The second kappa shape index (κ2) is 7.46. The zero-order valence-corrected chi connectivity index (χ0v) is 17.3. The molecule has 6 aromatic rings. The second-order valence-corrected chi connectivity index (χ2v) is 8.04. The van der Waals surface area contributed by atoms with Gasteiger partial charge in [0.25, 0.3) is 5.91 Å². The highest BCUT2D eigenvalue weighted by Crippen LogP contribution is 2.35. The molecule has 0 spiro atoms. The van der Waals surface area contributed by atoms with Crippen LogP contribution in [0, 0.1) is 0 Å². The lowest BCUT2D eigenvalue weighted by Crippen LogP contribution is -2.23. The van der Waals surface area contributed by atoms with Crippen molar-refractivity contribution in [2.75, 3.05) is 0 Å². The summed E-state index contributed by atoms with van der Waals surface area (Å²) in [5, 5.41) is 18.2. The van der Waals surface area contributed by atoms with Crippen LogP contribution in [-0.4, -0.2) is 20.9 Å². The van der Waals surface area contributed by atoms with Gasteiger partial charge in [-0.2, -0.15) is 0 Å². The smallest absolute Gasteiger partial charge is 0.252 e. The molecule has 32 heavy (non-hydrogen) atoms. The number of rotatable bonds is 5. The van der Waals surface area contributed by atoms with Crippen molar-refractivity contribution in [1.82, 2.24) is 20.3 Å². The van der Waals surface area contributed by atoms with E-state index in [-0.39, 0.29) is 5.91 Å². The number of carbonyl (C=O) groups is 1. The van der Waals surface area contributed by atoms with E-state index in [1.54, 1.807) is 4.68 Å². The molecule has 0 aliphatic heterocycles. The van der Waals surface area contributed by atoms with E-state index in [2.05, 4.69) is 70.2 Å². The van der Waals surface area contributed by atoms with Gasteiger partial charge in [0.1, 0.15) is 5.69 Å². The predicted molar refractivity (Wildman–Crippen MR) is 127 cm³/mol. The Bertz CT molecular complexity index is 1550. The van der Waals surface area contributed by atoms with Crippen LogP contribution in [0.25, 0.3) is 32.3 Å². The predicted octanol–water partition coefficient (Wildman–Crippen LogP) is 5.15. The van der Waals surface area contributed by atoms with Crippen molar-refractivity contribution in [2.45, 2.75) is 13.1 Å². The molecule has 5 nitrogen and oxygen atoms in total. The molecule has 0 saturated carbocycles. The van der Waals surface area contributed by atoms with Crippen molar-refractivity contribution in [2.24, 2.45) is 0 Å². The molecular weight excluding hydrogens is 396 g/mol. The maximum atomic E-state index is 13.1. The van der Waals surface area contributed by atoms with Gasteiger partial charge in [0.2, 0.25) is 0 Å². The first-order valence-corrected chi connectivity index (χ1v) is 10.6. The van der Waals surface area contributed by atoms with Crippen LogP contribution in [-0.2, 0) is 13.1 Å². The average molecular weight is 416 g/mol. The molecule has 1 N–H and O–H groups in total. The minimum absolute atomic E-state index is 0.111. The average Bonchev–Trinajstić information content (AvgIpc) is 3.29. The Hall–Kier alpha value is -4.25. The van der Waals surface area contributed by atoms with Crippen LogP contribution in [0.4, 0.5) is 0 Å². The van der Waals surface area contributed by atoms with Gasteiger partial charge in [-0.1, -0.05) is 84.1 Å². The van der Waals surface area contributed by atoms with E-state index >= 15 is 0 Å². The third kappa shape index (κ3) is 3.15. The molecule has 6 rings (SSSR count). The molecule has 154 valence electrons. The molecule has 0 atom stereocenters. The lowest BCUT2D eigenvalue weighted by atomic mass is 9.92. The molecular formula is C27H20N4O. The summed E-state index contributed by atoms with van der Waals surface area (Å²) in [6.45, 7) is 0.979. The van der Waals surface area contributed by atoms with E-state index in [1.165, 1.54) is 16.2 Å². The largest absolute Gasteiger partial charge is 0.346 e. The molecule has 1 aromatic heterocycles. The molecule has 0 aliphatic carbocycles. The number of hydrogen-bond acceptors (Lipinski definition) is 3. The Labute approximate surface area is 184 Å². The summed E-state index contributed by atoms with van der Waals surface area (Å²) in [5.74, 6) is -0.111. The topological polar surface area (TPSA) is 59.8 Å². The Morgan fingerprint density at radius 2 is 1.50 bits per heavy atom. The number of benzene rings is 5. The van der Waals surface area contributed by atoms with E-state index in [9.17, 15) is 4.79 Å². The summed E-state index contributed by atoms with van der Waals surface area (Å²) in [4.78, 5) is 13.1. The highest BCUT2D eigenvalue weighted by atomic mass is 16.1. The van der Waals surface area contributed by atoms with Crippen LogP contribution in [0.5, 0.6) is 0 Å². The lowest BCUT2D eigenvalue weighted by Gasteiger charge is -2.13. The Kier molecular flexibility index (Phi) is 4.32. The fraction of sp³-hybridized carbons (Fsp3) is 0.0741. The highest BCUT2D eigenvalue weighted by Gasteiger charge is 2.15. The number of nitrogens with zero attached hydrogens (tertiary/aromatic N) is 3. The van der Waals surface area contributed by atoms with E-state index in [4.69, 9.17) is 0 Å². The van der Waals surface area contributed by atoms with Gasteiger partial charge >= 0.3 is 0 Å². The summed E-state index contributed by atoms with van der Waals surface area (Å²) in [7, 11) is 0. The zero-order valence-electron chi connectivity index (χ0n) is 17.3. The standard InChI is InChI=1S/C27H20N4O/c32-27(28-15-22-17-31(30-29-22)16-18-5-2-1-3-6-18)24-14-12-21-10-9-19-7-4-8-20-11-13-23(24)26(21)25(19)20/h1-14,17H,15-16H2,(H,28,32). The van der Waals surface area contributed by atoms with Crippen LogP contribution >= 0.6 is 0 Å². The van der Waals surface area contributed by atoms with Gasteiger partial charge in [-0.25, -0.2) is 4.68 Å². The second-order valence-electron chi connectivity index (χ2n) is 8.04. The van der Waals surface area contributed by atoms with Gasteiger partial charge in [0, 0.05) is 5.56 Å². The SMILES string of the molecule is O=C(NCc1cn(Cc2ccccc2)nn1)c1ccc2ccc3cccc4ccc1c2c34. The summed E-state index contributed by atoms with van der Waals surface area (Å²) in [5.41, 5.74) is 2.56. The van der Waals surface area contributed by atoms with Crippen molar-refractivity contribution in [1.29, 1.82) is 0 Å². The fourth-order valence-corrected chi connectivity index (χ4v) is 4.47. The van der Waals surface area contributed by atoms with Crippen LogP contribution < -0.4 is 5.32 Å². The van der Waals surface area contributed by atoms with Gasteiger partial charge in [0.05, 0.1) is 19.3 Å². The van der Waals surface area contributed by atoms with Crippen molar-refractivity contribution < 1.29 is 4.79 Å². The number of nitrogens with one attached hydrogen (secondary N) is 1. The van der Waals surface area contributed by atoms with Gasteiger partial charge in [0.15, 0.2) is 0 Å². The van der Waals surface area contributed by atoms with Crippen LogP contribution in [0.1, 0.15) is 21.6 Å². The Morgan fingerprint density at radius 3 is 2.31 bits per heavy atom. The molecule has 5 aromatic carbocycles. The first-order valence-electron chi connectivity index (χ1n) is 10.6. The monoisotopic (exact) mass is 416 g/mol. The quantitative estimate of drug-likeness (QED) is 0.395. The molecule has 0 aliphatic rings. The molecule has 1 heterocycles. The summed E-state index contributed by atoms with van der Waals surface area (Å²) < 4.78 is 1.78. The first kappa shape index (κ1) is 18.5. The van der Waals surface area contributed by atoms with Crippen LogP contribution in [0.3, 0.4) is 0 Å².